The summed E-state index contributed by atoms with van der Waals surface area (Å²) in [5.41, 5.74) is -0.376. The van der Waals surface area contributed by atoms with Crippen molar-refractivity contribution in [3.05, 3.63) is 40.3 Å². The van der Waals surface area contributed by atoms with Crippen molar-refractivity contribution in [3.63, 3.8) is 0 Å². The lowest BCUT2D eigenvalue weighted by Gasteiger charge is -2.12. The molecule has 0 spiro atoms. The fraction of sp³-hybridized carbons (Fsp3) is 0.357. The van der Waals surface area contributed by atoms with Crippen molar-refractivity contribution < 1.29 is 14.6 Å². The Morgan fingerprint density at radius 2 is 2.15 bits per heavy atom. The number of fused-ring (bicyclic) bond motifs is 1. The van der Waals surface area contributed by atoms with Crippen LogP contribution in [-0.4, -0.2) is 33.6 Å². The number of hydrogen-bond acceptors (Lipinski definition) is 4. The summed E-state index contributed by atoms with van der Waals surface area (Å²) in [6.45, 7) is 0.975. The highest BCUT2D eigenvalue weighted by atomic mass is 16.5. The molecule has 0 radical (unpaired) electrons. The predicted octanol–water partition coefficient (Wildman–Crippen LogP) is 1.27. The van der Waals surface area contributed by atoms with E-state index in [4.69, 9.17) is 4.74 Å². The van der Waals surface area contributed by atoms with Gasteiger partial charge in [0.05, 0.1) is 18.0 Å². The first kappa shape index (κ1) is 12.8. The normalized spacial score (nSPS) is 18.5. The van der Waals surface area contributed by atoms with Gasteiger partial charge in [-0.2, -0.15) is 5.10 Å². The summed E-state index contributed by atoms with van der Waals surface area (Å²) >= 11 is 0. The van der Waals surface area contributed by atoms with Gasteiger partial charge in [0.2, 0.25) is 0 Å². The Bertz CT molecular complexity index is 717. The summed E-state index contributed by atoms with van der Waals surface area (Å²) in [5.74, 6) is -1.14. The zero-order chi connectivity index (χ0) is 14.1. The topological polar surface area (TPSA) is 81.4 Å². The van der Waals surface area contributed by atoms with Crippen LogP contribution in [0.3, 0.4) is 0 Å². The number of benzene rings is 1. The summed E-state index contributed by atoms with van der Waals surface area (Å²) in [4.78, 5) is 23.6. The van der Waals surface area contributed by atoms with Gasteiger partial charge in [-0.1, -0.05) is 18.2 Å². The van der Waals surface area contributed by atoms with E-state index >= 15 is 0 Å². The number of hydrogen-bond donors (Lipinski definition) is 1. The Morgan fingerprint density at radius 1 is 1.40 bits per heavy atom. The van der Waals surface area contributed by atoms with E-state index in [2.05, 4.69) is 5.10 Å². The fourth-order valence-electron chi connectivity index (χ4n) is 2.50. The minimum atomic E-state index is -1.14. The monoisotopic (exact) mass is 274 g/mol. The second-order valence-electron chi connectivity index (χ2n) is 4.82. The van der Waals surface area contributed by atoms with Crippen molar-refractivity contribution in [2.24, 2.45) is 0 Å². The van der Waals surface area contributed by atoms with Crippen LogP contribution in [0.1, 0.15) is 23.3 Å². The van der Waals surface area contributed by atoms with Gasteiger partial charge in [0.25, 0.3) is 5.56 Å². The van der Waals surface area contributed by atoms with Crippen molar-refractivity contribution in [3.8, 4) is 0 Å². The molecule has 3 rings (SSSR count). The maximum absolute atomic E-state index is 12.3. The van der Waals surface area contributed by atoms with Gasteiger partial charge in [-0.15, -0.1) is 0 Å². The lowest BCUT2D eigenvalue weighted by Crippen LogP contribution is -2.30. The highest BCUT2D eigenvalue weighted by molar-refractivity contribution is 6.01. The van der Waals surface area contributed by atoms with Crippen molar-refractivity contribution in [1.82, 2.24) is 9.78 Å². The van der Waals surface area contributed by atoms with Gasteiger partial charge in [0.15, 0.2) is 5.69 Å². The number of aromatic nitrogens is 2. The molecule has 2 heterocycles. The molecule has 6 heteroatoms. The second-order valence-corrected chi connectivity index (χ2v) is 4.82. The molecule has 20 heavy (non-hydrogen) atoms. The first-order valence-corrected chi connectivity index (χ1v) is 6.51. The quantitative estimate of drug-likeness (QED) is 0.911. The SMILES string of the molecule is O=C(O)c1nn(CC2CCCO2)c(=O)c2ccccc12. The van der Waals surface area contributed by atoms with Crippen LogP contribution in [0.15, 0.2) is 29.1 Å². The second kappa shape index (κ2) is 5.05. The van der Waals surface area contributed by atoms with Crippen LogP contribution in [-0.2, 0) is 11.3 Å². The van der Waals surface area contributed by atoms with Gasteiger partial charge in [0.1, 0.15) is 0 Å². The molecule has 104 valence electrons. The minimum absolute atomic E-state index is 0.0667. The number of rotatable bonds is 3. The third-order valence-electron chi connectivity index (χ3n) is 3.47. The molecule has 0 amide bonds. The van der Waals surface area contributed by atoms with E-state index in [-0.39, 0.29) is 17.4 Å². The fourth-order valence-corrected chi connectivity index (χ4v) is 2.50. The Kier molecular flexibility index (Phi) is 3.23. The molecule has 1 atom stereocenters. The van der Waals surface area contributed by atoms with E-state index in [9.17, 15) is 14.7 Å². The summed E-state index contributed by atoms with van der Waals surface area (Å²) in [6.07, 6.45) is 1.75. The minimum Gasteiger partial charge on any atom is -0.476 e. The molecular formula is C14H14N2O4. The van der Waals surface area contributed by atoms with E-state index in [0.717, 1.165) is 12.8 Å². The van der Waals surface area contributed by atoms with Crippen LogP contribution in [0.2, 0.25) is 0 Å². The van der Waals surface area contributed by atoms with E-state index in [1.165, 1.54) is 4.68 Å². The van der Waals surface area contributed by atoms with Gasteiger partial charge >= 0.3 is 5.97 Å². The molecule has 1 fully saturated rings. The number of nitrogens with zero attached hydrogens (tertiary/aromatic N) is 2. The molecule has 1 saturated heterocycles. The third-order valence-corrected chi connectivity index (χ3v) is 3.47. The summed E-state index contributed by atoms with van der Waals surface area (Å²) < 4.78 is 6.69. The summed E-state index contributed by atoms with van der Waals surface area (Å²) in [7, 11) is 0. The number of carboxylic acids is 1. The molecule has 1 aliphatic rings. The average molecular weight is 274 g/mol. The summed E-state index contributed by atoms with van der Waals surface area (Å²) in [6, 6.07) is 6.63. The molecule has 0 aliphatic carbocycles. The predicted molar refractivity (Wildman–Crippen MR) is 71.9 cm³/mol. The average Bonchev–Trinajstić information content (AvgIpc) is 2.94. The Morgan fingerprint density at radius 3 is 2.80 bits per heavy atom. The molecule has 2 aromatic rings. The molecule has 6 nitrogen and oxygen atoms in total. The molecule has 1 aromatic carbocycles. The van der Waals surface area contributed by atoms with Gasteiger partial charge in [0, 0.05) is 12.0 Å². The zero-order valence-electron chi connectivity index (χ0n) is 10.8. The van der Waals surface area contributed by atoms with Crippen LogP contribution >= 0.6 is 0 Å². The van der Waals surface area contributed by atoms with E-state index in [1.54, 1.807) is 24.3 Å². The van der Waals surface area contributed by atoms with E-state index in [0.29, 0.717) is 23.9 Å². The number of ether oxygens (including phenoxy) is 1. The van der Waals surface area contributed by atoms with Crippen molar-refractivity contribution >= 4 is 16.7 Å². The molecule has 1 N–H and O–H groups in total. The molecule has 0 saturated carbocycles. The van der Waals surface area contributed by atoms with Crippen molar-refractivity contribution in [1.29, 1.82) is 0 Å². The first-order valence-electron chi connectivity index (χ1n) is 6.51. The Balaban J connectivity index is 2.14. The maximum Gasteiger partial charge on any atom is 0.357 e. The van der Waals surface area contributed by atoms with Crippen molar-refractivity contribution in [2.45, 2.75) is 25.5 Å². The molecular weight excluding hydrogens is 260 g/mol. The largest absolute Gasteiger partial charge is 0.476 e. The highest BCUT2D eigenvalue weighted by Gasteiger charge is 2.20. The molecule has 1 unspecified atom stereocenters. The van der Waals surface area contributed by atoms with Crippen LogP contribution in [0.4, 0.5) is 0 Å². The van der Waals surface area contributed by atoms with E-state index in [1.807, 2.05) is 0 Å². The van der Waals surface area contributed by atoms with Gasteiger partial charge < -0.3 is 9.84 Å². The first-order chi connectivity index (χ1) is 9.66. The van der Waals surface area contributed by atoms with Crippen LogP contribution < -0.4 is 5.56 Å². The van der Waals surface area contributed by atoms with Crippen LogP contribution in [0.5, 0.6) is 0 Å². The highest BCUT2D eigenvalue weighted by Crippen LogP contribution is 2.16. The third kappa shape index (κ3) is 2.18. The van der Waals surface area contributed by atoms with E-state index < -0.39 is 5.97 Å². The Hall–Kier alpha value is -2.21. The smallest absolute Gasteiger partial charge is 0.357 e. The molecule has 1 aromatic heterocycles. The van der Waals surface area contributed by atoms with Gasteiger partial charge in [-0.3, -0.25) is 4.79 Å². The molecule has 1 aliphatic heterocycles. The van der Waals surface area contributed by atoms with Gasteiger partial charge in [-0.25, -0.2) is 9.48 Å². The van der Waals surface area contributed by atoms with Crippen molar-refractivity contribution in [2.75, 3.05) is 6.61 Å². The standard InChI is InChI=1S/C14H14N2O4/c17-13-11-6-2-1-5-10(11)12(14(18)19)15-16(13)8-9-4-3-7-20-9/h1-2,5-6,9H,3-4,7-8H2,(H,18,19). The van der Waals surface area contributed by atoms with Gasteiger partial charge in [-0.05, 0) is 18.9 Å². The maximum atomic E-state index is 12.3. The summed E-state index contributed by atoms with van der Waals surface area (Å²) in [5, 5.41) is 14.0. The van der Waals surface area contributed by atoms with Crippen LogP contribution in [0.25, 0.3) is 10.8 Å². The lowest BCUT2D eigenvalue weighted by molar-refractivity contribution is 0.0683. The lowest BCUT2D eigenvalue weighted by atomic mass is 10.1. The number of carbonyl (C=O) groups is 1. The Labute approximate surface area is 114 Å². The number of aromatic carboxylic acids is 1. The van der Waals surface area contributed by atoms with Crippen LogP contribution in [0, 0.1) is 0 Å². The number of carboxylic acid groups (broad SMARTS) is 1. The zero-order valence-corrected chi connectivity index (χ0v) is 10.8. The molecule has 0 bridgehead atoms.